The van der Waals surface area contributed by atoms with Crippen molar-refractivity contribution in [3.05, 3.63) is 89.9 Å². The lowest BCUT2D eigenvalue weighted by molar-refractivity contribution is 0.306. The largest absolute Gasteiger partial charge is 0.489 e. The van der Waals surface area contributed by atoms with E-state index in [0.717, 1.165) is 42.2 Å². The number of rotatable bonds is 6. The molecule has 2 aromatic heterocycles. The summed E-state index contributed by atoms with van der Waals surface area (Å²) >= 11 is 0. The Bertz CT molecular complexity index is 1180. The molecule has 0 fully saturated rings. The van der Waals surface area contributed by atoms with Gasteiger partial charge in [-0.25, -0.2) is 0 Å². The van der Waals surface area contributed by atoms with E-state index in [9.17, 15) is 0 Å². The van der Waals surface area contributed by atoms with E-state index in [4.69, 9.17) is 9.84 Å². The van der Waals surface area contributed by atoms with E-state index in [-0.39, 0.29) is 0 Å². The molecule has 0 amide bonds. The van der Waals surface area contributed by atoms with E-state index in [2.05, 4.69) is 77.4 Å². The lowest BCUT2D eigenvalue weighted by Crippen LogP contribution is -2.28. The second kappa shape index (κ2) is 8.97. The third-order valence-electron chi connectivity index (χ3n) is 6.00. The normalized spacial score (nSPS) is 13.2. The zero-order valence-corrected chi connectivity index (χ0v) is 18.6. The van der Waals surface area contributed by atoms with Gasteiger partial charge in [-0.15, -0.1) is 0 Å². The summed E-state index contributed by atoms with van der Waals surface area (Å²) in [5, 5.41) is 8.41. The molecule has 0 radical (unpaired) electrons. The van der Waals surface area contributed by atoms with Crippen molar-refractivity contribution in [3.8, 4) is 28.1 Å². The van der Waals surface area contributed by atoms with Crippen molar-refractivity contribution in [3.63, 3.8) is 0 Å². The van der Waals surface area contributed by atoms with Gasteiger partial charge in [0.1, 0.15) is 18.1 Å². The first-order valence-corrected chi connectivity index (χ1v) is 11.2. The van der Waals surface area contributed by atoms with Gasteiger partial charge >= 0.3 is 0 Å². The molecule has 1 aliphatic rings. The van der Waals surface area contributed by atoms with Gasteiger partial charge in [-0.05, 0) is 46.9 Å². The summed E-state index contributed by atoms with van der Waals surface area (Å²) in [6.07, 6.45) is 3.64. The molecule has 0 aliphatic carbocycles. The van der Waals surface area contributed by atoms with Crippen LogP contribution in [-0.4, -0.2) is 21.3 Å². The highest BCUT2D eigenvalue weighted by Crippen LogP contribution is 2.36. The van der Waals surface area contributed by atoms with Gasteiger partial charge in [-0.2, -0.15) is 5.10 Å². The minimum atomic E-state index is 0.541. The zero-order valence-electron chi connectivity index (χ0n) is 18.6. The first-order valence-electron chi connectivity index (χ1n) is 11.2. The Labute approximate surface area is 189 Å². The number of nitrogens with one attached hydrogen (secondary N) is 1. The average Bonchev–Trinajstić information content (AvgIpc) is 3.23. The van der Waals surface area contributed by atoms with Gasteiger partial charge in [0.25, 0.3) is 0 Å². The first-order chi connectivity index (χ1) is 15.7. The lowest BCUT2D eigenvalue weighted by atomic mass is 9.99. The van der Waals surface area contributed by atoms with E-state index < -0.39 is 0 Å². The van der Waals surface area contributed by atoms with Gasteiger partial charge in [0.2, 0.25) is 0 Å². The summed E-state index contributed by atoms with van der Waals surface area (Å²) in [6.45, 7) is 7.62. The van der Waals surface area contributed by atoms with Crippen LogP contribution in [0.1, 0.15) is 36.6 Å². The molecular formula is C27H28N4O. The van der Waals surface area contributed by atoms with E-state index >= 15 is 0 Å². The highest BCUT2D eigenvalue weighted by atomic mass is 16.5. The first kappa shape index (κ1) is 20.5. The molecule has 0 spiro atoms. The van der Waals surface area contributed by atoms with Crippen LogP contribution in [0.4, 0.5) is 0 Å². The molecule has 0 unspecified atom stereocenters. The summed E-state index contributed by atoms with van der Waals surface area (Å²) in [5.74, 6) is 1.41. The number of ether oxygens (including phenoxy) is 1. The predicted molar refractivity (Wildman–Crippen MR) is 127 cm³/mol. The Kier molecular flexibility index (Phi) is 5.73. The maximum atomic E-state index is 6.05. The number of pyridine rings is 1. The SMILES string of the molecule is CC(C)c1ccc(COc2ccc(-c3c(-c4ccncc4)nn4c3CNCC4)cc2)cc1. The zero-order chi connectivity index (χ0) is 21.9. The highest BCUT2D eigenvalue weighted by Gasteiger charge is 2.22. The maximum absolute atomic E-state index is 6.05. The molecule has 0 saturated carbocycles. The quantitative estimate of drug-likeness (QED) is 0.449. The molecule has 0 bridgehead atoms. The summed E-state index contributed by atoms with van der Waals surface area (Å²) < 4.78 is 8.18. The van der Waals surface area contributed by atoms with Crippen LogP contribution in [0, 0.1) is 0 Å². The maximum Gasteiger partial charge on any atom is 0.119 e. The summed E-state index contributed by atoms with van der Waals surface area (Å²) in [5.41, 5.74) is 8.17. The van der Waals surface area contributed by atoms with E-state index in [1.54, 1.807) is 0 Å². The van der Waals surface area contributed by atoms with Crippen molar-refractivity contribution in [2.75, 3.05) is 6.54 Å². The van der Waals surface area contributed by atoms with Crippen LogP contribution in [0.25, 0.3) is 22.4 Å². The fourth-order valence-electron chi connectivity index (χ4n) is 4.15. The van der Waals surface area contributed by atoms with E-state index in [1.807, 2.05) is 24.5 Å². The van der Waals surface area contributed by atoms with Crippen LogP contribution >= 0.6 is 0 Å². The molecule has 1 N–H and O–H groups in total. The fourth-order valence-corrected chi connectivity index (χ4v) is 4.15. The second-order valence-corrected chi connectivity index (χ2v) is 8.52. The van der Waals surface area contributed by atoms with Crippen molar-refractivity contribution >= 4 is 0 Å². The minimum absolute atomic E-state index is 0.541. The minimum Gasteiger partial charge on any atom is -0.489 e. The van der Waals surface area contributed by atoms with Crippen molar-refractivity contribution in [1.82, 2.24) is 20.1 Å². The third kappa shape index (κ3) is 4.16. The summed E-state index contributed by atoms with van der Waals surface area (Å²) in [6, 6.07) is 21.1. The predicted octanol–water partition coefficient (Wildman–Crippen LogP) is 5.42. The number of fused-ring (bicyclic) bond motifs is 1. The topological polar surface area (TPSA) is 52.0 Å². The average molecular weight is 425 g/mol. The Morgan fingerprint density at radius 1 is 0.938 bits per heavy atom. The highest BCUT2D eigenvalue weighted by molar-refractivity contribution is 5.83. The molecule has 2 aromatic carbocycles. The Hall–Kier alpha value is -3.44. The van der Waals surface area contributed by atoms with E-state index in [0.29, 0.717) is 12.5 Å². The van der Waals surface area contributed by atoms with Crippen molar-refractivity contribution in [1.29, 1.82) is 0 Å². The molecule has 4 aromatic rings. The molecule has 5 rings (SSSR count). The second-order valence-electron chi connectivity index (χ2n) is 8.52. The fraction of sp³-hybridized carbons (Fsp3) is 0.259. The molecule has 1 aliphatic heterocycles. The number of hydrogen-bond acceptors (Lipinski definition) is 4. The number of hydrogen-bond donors (Lipinski definition) is 1. The van der Waals surface area contributed by atoms with Crippen LogP contribution in [0.15, 0.2) is 73.1 Å². The standard InChI is InChI=1S/C27H28N4O/c1-19(2)21-5-3-20(4-6-21)18-32-24-9-7-22(8-10-24)26-25-17-29-15-16-31(25)30-27(26)23-11-13-28-14-12-23/h3-14,19,29H,15-18H2,1-2H3. The Morgan fingerprint density at radius 2 is 1.69 bits per heavy atom. The summed E-state index contributed by atoms with van der Waals surface area (Å²) in [4.78, 5) is 4.16. The Morgan fingerprint density at radius 3 is 2.41 bits per heavy atom. The van der Waals surface area contributed by atoms with Gasteiger partial charge < -0.3 is 10.1 Å². The van der Waals surface area contributed by atoms with Crippen molar-refractivity contribution in [2.45, 2.75) is 39.5 Å². The van der Waals surface area contributed by atoms with Gasteiger partial charge in [-0.1, -0.05) is 50.2 Å². The molecule has 5 nitrogen and oxygen atoms in total. The number of nitrogens with zero attached hydrogens (tertiary/aromatic N) is 3. The van der Waals surface area contributed by atoms with Crippen LogP contribution in [0.2, 0.25) is 0 Å². The molecular weight excluding hydrogens is 396 g/mol. The smallest absolute Gasteiger partial charge is 0.119 e. The number of benzene rings is 2. The third-order valence-corrected chi connectivity index (χ3v) is 6.00. The number of aromatic nitrogens is 3. The molecule has 3 heterocycles. The Balaban J connectivity index is 1.39. The van der Waals surface area contributed by atoms with Crippen LogP contribution in [0.3, 0.4) is 0 Å². The van der Waals surface area contributed by atoms with Gasteiger partial charge in [0.15, 0.2) is 0 Å². The molecule has 0 saturated heterocycles. The van der Waals surface area contributed by atoms with Crippen LogP contribution < -0.4 is 10.1 Å². The molecule has 162 valence electrons. The monoisotopic (exact) mass is 424 g/mol. The van der Waals surface area contributed by atoms with E-state index in [1.165, 1.54) is 22.4 Å². The summed E-state index contributed by atoms with van der Waals surface area (Å²) in [7, 11) is 0. The van der Waals surface area contributed by atoms with Crippen LogP contribution in [-0.2, 0) is 19.7 Å². The molecule has 0 atom stereocenters. The lowest BCUT2D eigenvalue weighted by Gasteiger charge is -2.16. The van der Waals surface area contributed by atoms with Gasteiger partial charge in [0, 0.05) is 36.6 Å². The van der Waals surface area contributed by atoms with Gasteiger partial charge in [0.05, 0.1) is 12.2 Å². The van der Waals surface area contributed by atoms with Crippen molar-refractivity contribution < 1.29 is 4.74 Å². The molecule has 32 heavy (non-hydrogen) atoms. The molecule has 5 heteroatoms. The van der Waals surface area contributed by atoms with Crippen molar-refractivity contribution in [2.24, 2.45) is 0 Å². The van der Waals surface area contributed by atoms with Crippen LogP contribution in [0.5, 0.6) is 5.75 Å². The van der Waals surface area contributed by atoms with Gasteiger partial charge in [-0.3, -0.25) is 9.67 Å².